The number of hydrogen-bond donors (Lipinski definition) is 0. The highest BCUT2D eigenvalue weighted by molar-refractivity contribution is 5.22. The second-order valence-corrected chi connectivity index (χ2v) is 6.74. The van der Waals surface area contributed by atoms with Crippen LogP contribution >= 0.6 is 0 Å². The lowest BCUT2D eigenvalue weighted by Gasteiger charge is -2.29. The molecule has 0 heterocycles. The van der Waals surface area contributed by atoms with E-state index in [1.807, 2.05) is 0 Å². The highest BCUT2D eigenvalue weighted by Crippen LogP contribution is 2.38. The lowest BCUT2D eigenvalue weighted by molar-refractivity contribution is 0.301. The number of benzene rings is 1. The molecule has 23 heavy (non-hydrogen) atoms. The van der Waals surface area contributed by atoms with Gasteiger partial charge in [-0.25, -0.2) is 13.2 Å². The largest absolute Gasteiger partial charge is 0.216 e. The summed E-state index contributed by atoms with van der Waals surface area (Å²) in [5.41, 5.74) is 0.947. The van der Waals surface area contributed by atoms with Crippen LogP contribution in [0.3, 0.4) is 0 Å². The predicted molar refractivity (Wildman–Crippen MR) is 89.0 cm³/mol. The molecule has 1 aromatic rings. The maximum atomic E-state index is 13.3. The zero-order chi connectivity index (χ0) is 16.5. The van der Waals surface area contributed by atoms with Gasteiger partial charge in [0.15, 0.2) is 11.6 Å². The van der Waals surface area contributed by atoms with Gasteiger partial charge in [0.25, 0.3) is 0 Å². The van der Waals surface area contributed by atoms with Gasteiger partial charge < -0.3 is 0 Å². The van der Waals surface area contributed by atoms with Gasteiger partial charge in [0, 0.05) is 0 Å². The summed E-state index contributed by atoms with van der Waals surface area (Å²) in [6.07, 6.45) is 13.6. The molecule has 0 nitrogen and oxygen atoms in total. The van der Waals surface area contributed by atoms with Gasteiger partial charge in [-0.3, -0.25) is 0 Å². The van der Waals surface area contributed by atoms with Gasteiger partial charge in [-0.05, 0) is 68.1 Å². The molecule has 0 atom stereocenters. The molecule has 1 fully saturated rings. The minimum Gasteiger partial charge on any atom is -0.216 e. The Balaban J connectivity index is 1.63. The van der Waals surface area contributed by atoms with Crippen LogP contribution in [0.5, 0.6) is 0 Å². The third-order valence-electron chi connectivity index (χ3n) is 5.08. The van der Waals surface area contributed by atoms with E-state index in [2.05, 4.69) is 0 Å². The van der Waals surface area contributed by atoms with Crippen LogP contribution in [0.1, 0.15) is 75.7 Å². The first kappa shape index (κ1) is 18.1. The summed E-state index contributed by atoms with van der Waals surface area (Å²) in [7, 11) is 0. The standard InChI is InChI=1S/C20H27F3/c21-14-6-4-2-1-3-5-7-16-8-10-17(11-9-16)18-12-13-19(22)20(23)15-18/h6,12-17H,1-5,7-11H2/b14-6+/t16-,17-. The van der Waals surface area contributed by atoms with Crippen molar-refractivity contribution in [1.82, 2.24) is 0 Å². The van der Waals surface area contributed by atoms with Crippen molar-refractivity contribution < 1.29 is 13.2 Å². The molecule has 0 N–H and O–H groups in total. The van der Waals surface area contributed by atoms with E-state index in [0.29, 0.717) is 12.2 Å². The van der Waals surface area contributed by atoms with E-state index < -0.39 is 11.6 Å². The fourth-order valence-electron chi connectivity index (χ4n) is 3.66. The smallest absolute Gasteiger partial charge is 0.159 e. The molecule has 0 radical (unpaired) electrons. The molecule has 0 saturated heterocycles. The van der Waals surface area contributed by atoms with E-state index in [0.717, 1.165) is 37.2 Å². The Morgan fingerprint density at radius 1 is 0.913 bits per heavy atom. The van der Waals surface area contributed by atoms with E-state index in [-0.39, 0.29) is 0 Å². The van der Waals surface area contributed by atoms with Crippen molar-refractivity contribution >= 4 is 0 Å². The van der Waals surface area contributed by atoms with Crippen LogP contribution in [-0.2, 0) is 0 Å². The van der Waals surface area contributed by atoms with Crippen LogP contribution in [0.4, 0.5) is 13.2 Å². The molecular formula is C20H27F3. The lowest BCUT2D eigenvalue weighted by atomic mass is 9.77. The van der Waals surface area contributed by atoms with Crippen molar-refractivity contribution in [1.29, 1.82) is 0 Å². The van der Waals surface area contributed by atoms with Crippen LogP contribution in [0.25, 0.3) is 0 Å². The topological polar surface area (TPSA) is 0 Å². The van der Waals surface area contributed by atoms with Crippen molar-refractivity contribution in [2.75, 3.05) is 0 Å². The molecule has 0 aliphatic heterocycles. The van der Waals surface area contributed by atoms with Gasteiger partial charge in [-0.2, -0.15) is 0 Å². The Morgan fingerprint density at radius 3 is 2.35 bits per heavy atom. The summed E-state index contributed by atoms with van der Waals surface area (Å²) in [4.78, 5) is 0. The normalized spacial score (nSPS) is 21.9. The minimum atomic E-state index is -0.760. The van der Waals surface area contributed by atoms with Crippen molar-refractivity contribution in [3.05, 3.63) is 47.8 Å². The molecule has 0 unspecified atom stereocenters. The van der Waals surface area contributed by atoms with Crippen molar-refractivity contribution in [3.8, 4) is 0 Å². The van der Waals surface area contributed by atoms with Crippen molar-refractivity contribution in [3.63, 3.8) is 0 Å². The number of hydrogen-bond acceptors (Lipinski definition) is 0. The summed E-state index contributed by atoms with van der Waals surface area (Å²) in [6, 6.07) is 4.34. The van der Waals surface area contributed by atoms with Crippen LogP contribution in [-0.4, -0.2) is 0 Å². The molecular weight excluding hydrogens is 297 g/mol. The van der Waals surface area contributed by atoms with Crippen LogP contribution < -0.4 is 0 Å². The Morgan fingerprint density at radius 2 is 1.65 bits per heavy atom. The Kier molecular flexibility index (Phi) is 7.70. The summed E-state index contributed by atoms with van der Waals surface area (Å²) < 4.78 is 38.1. The monoisotopic (exact) mass is 324 g/mol. The molecule has 0 amide bonds. The number of rotatable bonds is 8. The first-order valence-corrected chi connectivity index (χ1v) is 8.91. The van der Waals surface area contributed by atoms with E-state index in [4.69, 9.17) is 0 Å². The molecule has 1 aromatic carbocycles. The molecule has 0 aromatic heterocycles. The minimum absolute atomic E-state index is 0.383. The molecule has 1 aliphatic carbocycles. The molecule has 128 valence electrons. The molecule has 0 bridgehead atoms. The highest BCUT2D eigenvalue weighted by atomic mass is 19.2. The fraction of sp³-hybridized carbons (Fsp3) is 0.600. The van der Waals surface area contributed by atoms with Gasteiger partial charge in [-0.15, -0.1) is 0 Å². The maximum absolute atomic E-state index is 13.3. The Labute approximate surface area is 137 Å². The quantitative estimate of drug-likeness (QED) is 0.449. The summed E-state index contributed by atoms with van der Waals surface area (Å²) in [5.74, 6) is -0.326. The maximum Gasteiger partial charge on any atom is 0.159 e. The van der Waals surface area contributed by atoms with Crippen LogP contribution in [0, 0.1) is 17.6 Å². The lowest BCUT2D eigenvalue weighted by Crippen LogP contribution is -2.13. The average Bonchev–Trinajstić information content (AvgIpc) is 2.57. The van der Waals surface area contributed by atoms with Crippen molar-refractivity contribution in [2.45, 2.75) is 70.1 Å². The molecule has 2 rings (SSSR count). The molecule has 3 heteroatoms. The SMILES string of the molecule is F/C=C/CCCCCC[C@H]1CC[C@H](c2ccc(F)c(F)c2)CC1. The van der Waals surface area contributed by atoms with E-state index in [1.54, 1.807) is 12.1 Å². The molecule has 0 spiro atoms. The van der Waals surface area contributed by atoms with Crippen LogP contribution in [0.15, 0.2) is 30.6 Å². The van der Waals surface area contributed by atoms with E-state index in [1.165, 1.54) is 50.7 Å². The van der Waals surface area contributed by atoms with Gasteiger partial charge >= 0.3 is 0 Å². The van der Waals surface area contributed by atoms with Crippen LogP contribution in [0.2, 0.25) is 0 Å². The second-order valence-electron chi connectivity index (χ2n) is 6.74. The fourth-order valence-corrected chi connectivity index (χ4v) is 3.66. The summed E-state index contributed by atoms with van der Waals surface area (Å²) in [6.45, 7) is 0. The second kappa shape index (κ2) is 9.79. The Hall–Kier alpha value is -1.25. The van der Waals surface area contributed by atoms with Gasteiger partial charge in [-0.1, -0.05) is 37.8 Å². The Bertz CT molecular complexity index is 488. The summed E-state index contributed by atoms with van der Waals surface area (Å²) in [5, 5.41) is 0. The van der Waals surface area contributed by atoms with Crippen molar-refractivity contribution in [2.24, 2.45) is 5.92 Å². The number of halogens is 3. The van der Waals surface area contributed by atoms with Gasteiger partial charge in [0.1, 0.15) is 0 Å². The molecule has 1 saturated carbocycles. The van der Waals surface area contributed by atoms with E-state index in [9.17, 15) is 13.2 Å². The first-order chi connectivity index (χ1) is 11.2. The number of unbranched alkanes of at least 4 members (excludes halogenated alkanes) is 4. The third-order valence-corrected chi connectivity index (χ3v) is 5.08. The number of allylic oxidation sites excluding steroid dienone is 1. The molecule has 1 aliphatic rings. The average molecular weight is 324 g/mol. The highest BCUT2D eigenvalue weighted by Gasteiger charge is 2.22. The van der Waals surface area contributed by atoms with Gasteiger partial charge in [0.2, 0.25) is 0 Å². The van der Waals surface area contributed by atoms with E-state index >= 15 is 0 Å². The first-order valence-electron chi connectivity index (χ1n) is 8.91. The van der Waals surface area contributed by atoms with Gasteiger partial charge in [0.05, 0.1) is 6.33 Å². The third kappa shape index (κ3) is 6.04. The zero-order valence-corrected chi connectivity index (χ0v) is 13.7. The summed E-state index contributed by atoms with van der Waals surface area (Å²) >= 11 is 0. The predicted octanol–water partition coefficient (Wildman–Crippen LogP) is 7.06. The zero-order valence-electron chi connectivity index (χ0n) is 13.7.